The van der Waals surface area contributed by atoms with Crippen molar-refractivity contribution in [2.24, 2.45) is 0 Å². The van der Waals surface area contributed by atoms with Gasteiger partial charge >= 0.3 is 0 Å². The molecule has 0 unspecified atom stereocenters. The molecule has 106 valence electrons. The van der Waals surface area contributed by atoms with Gasteiger partial charge in [0.05, 0.1) is 19.3 Å². The van der Waals surface area contributed by atoms with Gasteiger partial charge in [0.1, 0.15) is 5.69 Å². The molecule has 0 fully saturated rings. The third kappa shape index (κ3) is 4.55. The van der Waals surface area contributed by atoms with E-state index in [2.05, 4.69) is 10.0 Å². The Morgan fingerprint density at radius 3 is 2.00 bits per heavy atom. The number of hydrogen-bond donors (Lipinski definition) is 2. The molecular formula is C13H22N3O2S+. The lowest BCUT2D eigenvalue weighted by Crippen LogP contribution is -2.22. The van der Waals surface area contributed by atoms with Crippen molar-refractivity contribution in [2.45, 2.75) is 26.0 Å². The first-order chi connectivity index (χ1) is 8.72. The van der Waals surface area contributed by atoms with Gasteiger partial charge in [-0.15, -0.1) is 0 Å². The van der Waals surface area contributed by atoms with Crippen LogP contribution in [-0.2, 0) is 10.0 Å². The highest BCUT2D eigenvalue weighted by Crippen LogP contribution is 2.16. The van der Waals surface area contributed by atoms with Crippen LogP contribution in [0.2, 0.25) is 0 Å². The van der Waals surface area contributed by atoms with Crippen LogP contribution in [0.25, 0.3) is 0 Å². The van der Waals surface area contributed by atoms with Gasteiger partial charge in [-0.2, -0.15) is 0 Å². The Bertz CT molecular complexity index is 556. The van der Waals surface area contributed by atoms with E-state index in [-0.39, 0.29) is 0 Å². The summed E-state index contributed by atoms with van der Waals surface area (Å²) in [4.78, 5) is 0. The van der Waals surface area contributed by atoms with Gasteiger partial charge in [-0.1, -0.05) is 0 Å². The lowest BCUT2D eigenvalue weighted by Gasteiger charge is -2.10. The maximum atomic E-state index is 11.7. The normalized spacial score (nSPS) is 11.3. The molecule has 0 saturated heterocycles. The highest BCUT2D eigenvalue weighted by Gasteiger charge is 2.15. The first-order valence-corrected chi connectivity index (χ1v) is 7.66. The summed E-state index contributed by atoms with van der Waals surface area (Å²) in [5.41, 5.74) is 1.49. The van der Waals surface area contributed by atoms with Crippen molar-refractivity contribution in [3.63, 3.8) is 0 Å². The van der Waals surface area contributed by atoms with Crippen LogP contribution < -0.4 is 10.0 Å². The lowest BCUT2D eigenvalue weighted by molar-refractivity contribution is -0.464. The quantitative estimate of drug-likeness (QED) is 0.504. The summed E-state index contributed by atoms with van der Waals surface area (Å²) in [6, 6.07) is 7.16. The monoisotopic (exact) mass is 284 g/mol. The first kappa shape index (κ1) is 15.5. The van der Waals surface area contributed by atoms with Gasteiger partial charge in [0, 0.05) is 12.6 Å². The van der Waals surface area contributed by atoms with Crippen LogP contribution in [0, 0.1) is 0 Å². The van der Waals surface area contributed by atoms with Crippen LogP contribution in [0.1, 0.15) is 20.8 Å². The van der Waals surface area contributed by atoms with E-state index in [1.807, 2.05) is 37.7 Å². The Morgan fingerprint density at radius 1 is 1.11 bits per heavy atom. The topological polar surface area (TPSA) is 61.2 Å². The average Bonchev–Trinajstić information content (AvgIpc) is 2.30. The number of nitrogens with zero attached hydrogens (tertiary/aromatic N) is 1. The fourth-order valence-corrected chi connectivity index (χ4v) is 1.92. The minimum atomic E-state index is -3.28. The van der Waals surface area contributed by atoms with Gasteiger partial charge in [-0.3, -0.25) is 9.30 Å². The van der Waals surface area contributed by atoms with E-state index in [0.717, 1.165) is 11.5 Å². The second kappa shape index (κ2) is 6.06. The van der Waals surface area contributed by atoms with Gasteiger partial charge in [0.25, 0.3) is 0 Å². The van der Waals surface area contributed by atoms with Crippen molar-refractivity contribution >= 4 is 27.2 Å². The second-order valence-electron chi connectivity index (χ2n) is 4.88. The maximum absolute atomic E-state index is 11.7. The maximum Gasteiger partial charge on any atom is 0.246 e. The van der Waals surface area contributed by atoms with Crippen molar-refractivity contribution in [1.82, 2.24) is 0 Å². The molecule has 1 aromatic carbocycles. The van der Waals surface area contributed by atoms with Gasteiger partial charge in [0.15, 0.2) is 0 Å². The van der Waals surface area contributed by atoms with E-state index in [4.69, 9.17) is 0 Å². The molecule has 0 saturated carbocycles. The van der Waals surface area contributed by atoms with E-state index in [1.54, 1.807) is 26.0 Å². The van der Waals surface area contributed by atoms with Crippen LogP contribution in [0.4, 0.5) is 11.4 Å². The van der Waals surface area contributed by atoms with Crippen molar-refractivity contribution < 1.29 is 13.0 Å². The second-order valence-corrected chi connectivity index (χ2v) is 7.11. The Balaban J connectivity index is 2.81. The number of nitrogens with one attached hydrogen (secondary N) is 2. The number of anilines is 2. The molecule has 6 heteroatoms. The summed E-state index contributed by atoms with van der Waals surface area (Å²) >= 11 is 0. The summed E-state index contributed by atoms with van der Waals surface area (Å²) in [6.45, 7) is 5.26. The average molecular weight is 284 g/mol. The molecule has 0 radical (unpaired) electrons. The van der Waals surface area contributed by atoms with E-state index in [0.29, 0.717) is 5.69 Å². The van der Waals surface area contributed by atoms with Crippen molar-refractivity contribution in [3.05, 3.63) is 24.3 Å². The number of hydrogen-bond acceptors (Lipinski definition) is 2. The minimum Gasteiger partial charge on any atom is -0.283 e. The molecule has 0 amide bonds. The van der Waals surface area contributed by atoms with Crippen LogP contribution in [-0.4, -0.2) is 38.2 Å². The lowest BCUT2D eigenvalue weighted by atomic mass is 10.3. The number of sulfonamides is 1. The fraction of sp³-hybridized carbons (Fsp3) is 0.462. The Kier molecular flexibility index (Phi) is 4.94. The zero-order valence-corrected chi connectivity index (χ0v) is 12.9. The summed E-state index contributed by atoms with van der Waals surface area (Å²) in [6.07, 6.45) is 0. The number of benzene rings is 1. The van der Waals surface area contributed by atoms with Crippen molar-refractivity contribution in [1.29, 1.82) is 0 Å². The molecule has 2 N–H and O–H groups in total. The molecule has 0 aliphatic heterocycles. The molecule has 1 rings (SSSR count). The number of rotatable bonds is 4. The molecule has 0 aromatic heterocycles. The van der Waals surface area contributed by atoms with Gasteiger partial charge in [-0.05, 0) is 38.1 Å². The largest absolute Gasteiger partial charge is 0.283 e. The van der Waals surface area contributed by atoms with Crippen LogP contribution >= 0.6 is 0 Å². The molecule has 0 aliphatic carbocycles. The molecule has 0 atom stereocenters. The predicted molar refractivity (Wildman–Crippen MR) is 80.5 cm³/mol. The highest BCUT2D eigenvalue weighted by molar-refractivity contribution is 7.93. The zero-order valence-electron chi connectivity index (χ0n) is 12.1. The molecule has 19 heavy (non-hydrogen) atoms. The van der Waals surface area contributed by atoms with Gasteiger partial charge < -0.3 is 0 Å². The number of amidine groups is 1. The molecular weight excluding hydrogens is 262 g/mol. The third-order valence-electron chi connectivity index (χ3n) is 2.76. The molecule has 0 spiro atoms. The van der Waals surface area contributed by atoms with Crippen LogP contribution in [0.5, 0.6) is 0 Å². The predicted octanol–water partition coefficient (Wildman–Crippen LogP) is 1.94. The molecule has 0 aliphatic rings. The minimum absolute atomic E-state index is 0.449. The third-order valence-corrected chi connectivity index (χ3v) is 4.52. The smallest absolute Gasteiger partial charge is 0.246 e. The van der Waals surface area contributed by atoms with Crippen molar-refractivity contribution in [3.8, 4) is 0 Å². The molecule has 5 nitrogen and oxygen atoms in total. The molecule has 0 bridgehead atoms. The van der Waals surface area contributed by atoms with E-state index in [9.17, 15) is 8.42 Å². The molecule has 0 heterocycles. The van der Waals surface area contributed by atoms with E-state index >= 15 is 0 Å². The van der Waals surface area contributed by atoms with Gasteiger partial charge in [-0.25, -0.2) is 13.7 Å². The summed E-state index contributed by atoms with van der Waals surface area (Å²) in [5.74, 6) is 1.01. The van der Waals surface area contributed by atoms with Crippen LogP contribution in [0.3, 0.4) is 0 Å². The Labute approximate surface area is 115 Å². The fourth-order valence-electron chi connectivity index (χ4n) is 1.22. The standard InChI is InChI=1S/C13H21N3O2S/c1-10(2)19(17,18)15-13-8-6-12(7-9-13)14-11(3)16(4)5/h6-10,15H,1-5H3/p+1. The Morgan fingerprint density at radius 2 is 1.58 bits per heavy atom. The summed E-state index contributed by atoms with van der Waals surface area (Å²) < 4.78 is 27.9. The zero-order chi connectivity index (χ0) is 14.6. The first-order valence-electron chi connectivity index (χ1n) is 6.12. The SMILES string of the molecule is CC(Nc1ccc(NS(=O)(=O)C(C)C)cc1)=[N+](C)C. The highest BCUT2D eigenvalue weighted by atomic mass is 32.2. The van der Waals surface area contributed by atoms with E-state index < -0.39 is 15.3 Å². The van der Waals surface area contributed by atoms with Gasteiger partial charge in [0.2, 0.25) is 15.9 Å². The summed E-state index contributed by atoms with van der Waals surface area (Å²) in [5, 5.41) is 2.77. The van der Waals surface area contributed by atoms with E-state index in [1.165, 1.54) is 0 Å². The van der Waals surface area contributed by atoms with Crippen molar-refractivity contribution in [2.75, 3.05) is 24.1 Å². The summed E-state index contributed by atoms with van der Waals surface area (Å²) in [7, 11) is 0.619. The molecule has 1 aromatic rings. The van der Waals surface area contributed by atoms with Crippen LogP contribution in [0.15, 0.2) is 24.3 Å². The Hall–Kier alpha value is -1.56.